The molecule has 0 atom stereocenters. The van der Waals surface area contributed by atoms with Crippen molar-refractivity contribution < 1.29 is 20.7 Å². The first-order valence-corrected chi connectivity index (χ1v) is 9.58. The van der Waals surface area contributed by atoms with Gasteiger partial charge in [-0.1, -0.05) is 12.1 Å². The molecule has 0 fully saturated rings. The fourth-order valence-electron chi connectivity index (χ4n) is 1.58. The van der Waals surface area contributed by atoms with Crippen molar-refractivity contribution in [3.05, 3.63) is 48.3 Å². The number of carbonyl (C=O) groups excluding carboxylic acids is 1. The number of carbonyl (C=O) groups is 1. The van der Waals surface area contributed by atoms with Gasteiger partial charge in [0.15, 0.2) is 0 Å². The maximum absolute atomic E-state index is 11.7. The third-order valence-corrected chi connectivity index (χ3v) is 2.30. The van der Waals surface area contributed by atoms with E-state index >= 15 is 0 Å². The molecule has 4 nitrogen and oxygen atoms in total. The predicted octanol–water partition coefficient (Wildman–Crippen LogP) is 3.85. The summed E-state index contributed by atoms with van der Waals surface area (Å²) in [5.41, 5.74) is 0.865. The first-order valence-electron chi connectivity index (χ1n) is 5.58. The number of halogens is 2. The van der Waals surface area contributed by atoms with Crippen molar-refractivity contribution in [1.82, 2.24) is 9.97 Å². The van der Waals surface area contributed by atoms with E-state index in [1.165, 1.54) is 11.8 Å². The van der Waals surface area contributed by atoms with Crippen LogP contribution in [0.1, 0.15) is 12.6 Å². The molecule has 0 bridgehead atoms. The molecule has 0 spiro atoms. The quantitative estimate of drug-likeness (QED) is 0.715. The van der Waals surface area contributed by atoms with Gasteiger partial charge in [-0.2, -0.15) is 0 Å². The number of aryl methyl sites for hydroxylation is 1. The van der Waals surface area contributed by atoms with Crippen LogP contribution in [0.3, 0.4) is 0 Å². The van der Waals surface area contributed by atoms with Gasteiger partial charge < -0.3 is 0 Å². The first-order chi connectivity index (χ1) is 9.60. The van der Waals surface area contributed by atoms with E-state index in [9.17, 15) is 4.79 Å². The van der Waals surface area contributed by atoms with E-state index in [0.29, 0.717) is 11.6 Å². The summed E-state index contributed by atoms with van der Waals surface area (Å²) in [5, 5.41) is 0. The second-order valence-corrected chi connectivity index (χ2v) is 6.08. The van der Waals surface area contributed by atoms with Crippen LogP contribution < -0.4 is 4.90 Å². The number of aromatic nitrogens is 2. The average Bonchev–Trinajstić information content (AvgIpc) is 2.41. The zero-order valence-corrected chi connectivity index (χ0v) is 13.9. The molecule has 110 valence electrons. The molecule has 2 rings (SSSR count). The van der Waals surface area contributed by atoms with Crippen molar-refractivity contribution in [1.29, 1.82) is 0 Å². The third-order valence-electron chi connectivity index (χ3n) is 2.30. The van der Waals surface area contributed by atoms with E-state index in [0.717, 1.165) is 5.69 Å². The molecule has 20 heavy (non-hydrogen) atoms. The zero-order chi connectivity index (χ0) is 15.0. The molecular weight excluding hydrogens is 391 g/mol. The Morgan fingerprint density at radius 3 is 2.30 bits per heavy atom. The van der Waals surface area contributed by atoms with Crippen LogP contribution in [0, 0.1) is 6.92 Å². The van der Waals surface area contributed by atoms with Crippen LogP contribution in [0.25, 0.3) is 0 Å². The molecule has 0 aliphatic carbocycles. The SMILES string of the molecule is CC(=O)N(c1ccccn1)c1cccc(C)n1.[Cl][Pd][Cl]. The van der Waals surface area contributed by atoms with Gasteiger partial charge in [0.05, 0.1) is 0 Å². The Morgan fingerprint density at radius 2 is 1.80 bits per heavy atom. The number of hydrogen-bond donors (Lipinski definition) is 0. The fraction of sp³-hybridized carbons (Fsp3) is 0.154. The van der Waals surface area contributed by atoms with Crippen molar-refractivity contribution in [3.63, 3.8) is 0 Å². The summed E-state index contributed by atoms with van der Waals surface area (Å²) < 4.78 is 0. The molecule has 2 aromatic rings. The summed E-state index contributed by atoms with van der Waals surface area (Å²) in [6.45, 7) is 3.39. The van der Waals surface area contributed by atoms with Crippen molar-refractivity contribution in [2.45, 2.75) is 13.8 Å². The van der Waals surface area contributed by atoms with Crippen LogP contribution >= 0.6 is 19.1 Å². The molecule has 0 aliphatic heterocycles. The minimum absolute atomic E-state index is 0.106. The van der Waals surface area contributed by atoms with Gasteiger partial charge in [-0.25, -0.2) is 14.9 Å². The Balaban J connectivity index is 0.000000612. The molecule has 0 radical (unpaired) electrons. The Bertz CT molecular complexity index is 554. The van der Waals surface area contributed by atoms with Gasteiger partial charge in [-0.15, -0.1) is 0 Å². The van der Waals surface area contributed by atoms with Crippen LogP contribution in [0.15, 0.2) is 42.6 Å². The van der Waals surface area contributed by atoms with E-state index in [1.807, 2.05) is 31.2 Å². The molecule has 2 heterocycles. The standard InChI is InChI=1S/C13H13N3O.2ClH.Pd/c1-10-6-5-8-13(15-10)16(11(2)17)12-7-3-4-9-14-12;;;/h3-9H,1-2H3;2*1H;/q;;;+2/p-2. The second-order valence-electron chi connectivity index (χ2n) is 3.72. The predicted molar refractivity (Wildman–Crippen MR) is 77.7 cm³/mol. The molecule has 0 aliphatic rings. The Morgan fingerprint density at radius 1 is 1.15 bits per heavy atom. The molecule has 0 N–H and O–H groups in total. The van der Waals surface area contributed by atoms with Gasteiger partial charge in [0.25, 0.3) is 0 Å². The maximum atomic E-state index is 11.7. The van der Waals surface area contributed by atoms with Crippen LogP contribution in [-0.2, 0) is 20.7 Å². The number of pyridine rings is 2. The Labute approximate surface area is 134 Å². The molecule has 0 unspecified atom stereocenters. The van der Waals surface area contributed by atoms with Gasteiger partial charge in [0.2, 0.25) is 5.91 Å². The zero-order valence-electron chi connectivity index (χ0n) is 10.9. The number of nitrogens with zero attached hydrogens (tertiary/aromatic N) is 3. The first kappa shape index (κ1) is 17.1. The van der Waals surface area contributed by atoms with Gasteiger partial charge in [0.1, 0.15) is 11.6 Å². The summed E-state index contributed by atoms with van der Waals surface area (Å²) in [6.07, 6.45) is 1.65. The number of rotatable bonds is 2. The van der Waals surface area contributed by atoms with Crippen LogP contribution in [0.2, 0.25) is 0 Å². The molecular formula is C13H13Cl2N3OPd. The Hall–Kier alpha value is -0.988. The summed E-state index contributed by atoms with van der Waals surface area (Å²) in [6, 6.07) is 11.0. The van der Waals surface area contributed by atoms with E-state index in [2.05, 4.69) is 9.97 Å². The molecule has 0 aromatic carbocycles. The average molecular weight is 405 g/mol. The minimum atomic E-state index is -0.109. The fourth-order valence-corrected chi connectivity index (χ4v) is 1.58. The number of amides is 1. The van der Waals surface area contributed by atoms with Crippen molar-refractivity contribution in [2.75, 3.05) is 4.90 Å². The summed E-state index contributed by atoms with van der Waals surface area (Å²) in [5.74, 6) is 1.07. The molecule has 2 aromatic heterocycles. The number of anilines is 2. The van der Waals surface area contributed by atoms with Gasteiger partial charge >= 0.3 is 35.0 Å². The second kappa shape index (κ2) is 9.04. The van der Waals surface area contributed by atoms with Crippen molar-refractivity contribution in [3.8, 4) is 0 Å². The van der Waals surface area contributed by atoms with E-state index in [-0.39, 0.29) is 21.8 Å². The van der Waals surface area contributed by atoms with Crippen LogP contribution in [-0.4, -0.2) is 15.9 Å². The summed E-state index contributed by atoms with van der Waals surface area (Å²) in [4.78, 5) is 21.7. The summed E-state index contributed by atoms with van der Waals surface area (Å²) >= 11 is -0.106. The third kappa shape index (κ3) is 5.18. The van der Waals surface area contributed by atoms with Crippen LogP contribution in [0.4, 0.5) is 11.6 Å². The normalized spacial score (nSPS) is 9.60. The van der Waals surface area contributed by atoms with Gasteiger partial charge in [-0.3, -0.25) is 4.79 Å². The number of hydrogen-bond acceptors (Lipinski definition) is 3. The monoisotopic (exact) mass is 403 g/mol. The van der Waals surface area contributed by atoms with E-state index < -0.39 is 0 Å². The topological polar surface area (TPSA) is 46.1 Å². The molecule has 7 heteroatoms. The molecule has 0 saturated carbocycles. The van der Waals surface area contributed by atoms with Gasteiger partial charge in [0, 0.05) is 18.8 Å². The van der Waals surface area contributed by atoms with Crippen molar-refractivity contribution >= 4 is 36.6 Å². The molecule has 0 saturated heterocycles. The summed E-state index contributed by atoms with van der Waals surface area (Å²) in [7, 11) is 9.63. The molecule has 1 amide bonds. The van der Waals surface area contributed by atoms with Gasteiger partial charge in [-0.05, 0) is 31.2 Å². The van der Waals surface area contributed by atoms with Crippen LogP contribution in [0.5, 0.6) is 0 Å². The van der Waals surface area contributed by atoms with Crippen molar-refractivity contribution in [2.24, 2.45) is 0 Å². The van der Waals surface area contributed by atoms with E-state index in [1.54, 1.807) is 18.3 Å². The Kier molecular flexibility index (Phi) is 7.71. The van der Waals surface area contributed by atoms with E-state index in [4.69, 9.17) is 19.1 Å².